The fourth-order valence-electron chi connectivity index (χ4n) is 3.33. The standard InChI is InChI=1S/C17H19N.2C2H6/c1-3-7-15(8-4-1)17(11-5-2-6-12-17)16-9-13-18-14-10-16;2*1-2/h1,3-4,7-10,13-14H,2,5-6,11-12H2;2*1-2H3. The minimum atomic E-state index is 0.225. The Bertz CT molecular complexity index is 442. The molecule has 0 saturated heterocycles. The van der Waals surface area contributed by atoms with E-state index in [9.17, 15) is 0 Å². The van der Waals surface area contributed by atoms with E-state index in [1.165, 1.54) is 43.2 Å². The maximum atomic E-state index is 4.16. The predicted octanol–water partition coefficient (Wildman–Crippen LogP) is 6.38. The van der Waals surface area contributed by atoms with Crippen molar-refractivity contribution in [3.63, 3.8) is 0 Å². The normalized spacial score (nSPS) is 15.6. The van der Waals surface area contributed by atoms with Gasteiger partial charge in [0, 0.05) is 17.8 Å². The number of benzene rings is 1. The monoisotopic (exact) mass is 297 g/mol. The van der Waals surface area contributed by atoms with Crippen LogP contribution in [0.25, 0.3) is 0 Å². The Balaban J connectivity index is 0.000000561. The van der Waals surface area contributed by atoms with Crippen LogP contribution in [0.2, 0.25) is 0 Å². The van der Waals surface area contributed by atoms with E-state index >= 15 is 0 Å². The Morgan fingerprint density at radius 3 is 1.73 bits per heavy atom. The lowest BCUT2D eigenvalue weighted by Gasteiger charge is -2.38. The first-order chi connectivity index (χ1) is 10.9. The quantitative estimate of drug-likeness (QED) is 0.626. The molecule has 0 unspecified atom stereocenters. The topological polar surface area (TPSA) is 12.9 Å². The predicted molar refractivity (Wildman–Crippen MR) is 97.2 cm³/mol. The molecule has 2 aromatic rings. The molecule has 22 heavy (non-hydrogen) atoms. The molecule has 0 bridgehead atoms. The fraction of sp³-hybridized carbons (Fsp3) is 0.476. The molecule has 1 saturated carbocycles. The Hall–Kier alpha value is -1.63. The minimum Gasteiger partial charge on any atom is -0.265 e. The summed E-state index contributed by atoms with van der Waals surface area (Å²) in [7, 11) is 0. The second kappa shape index (κ2) is 10.2. The minimum absolute atomic E-state index is 0.225. The third kappa shape index (κ3) is 4.19. The maximum Gasteiger partial charge on any atom is 0.0270 e. The maximum absolute atomic E-state index is 4.16. The molecule has 1 nitrogen and oxygen atoms in total. The van der Waals surface area contributed by atoms with Crippen molar-refractivity contribution in [3.8, 4) is 0 Å². The number of aromatic nitrogens is 1. The zero-order valence-corrected chi connectivity index (χ0v) is 14.7. The molecule has 1 aromatic heterocycles. The highest BCUT2D eigenvalue weighted by Gasteiger charge is 2.35. The first-order valence-electron chi connectivity index (χ1n) is 8.88. The summed E-state index contributed by atoms with van der Waals surface area (Å²) < 4.78 is 0. The number of pyridine rings is 1. The van der Waals surface area contributed by atoms with Gasteiger partial charge in [0.2, 0.25) is 0 Å². The first kappa shape index (κ1) is 18.4. The molecule has 0 atom stereocenters. The molecule has 120 valence electrons. The van der Waals surface area contributed by atoms with Gasteiger partial charge in [-0.1, -0.05) is 77.3 Å². The summed E-state index contributed by atoms with van der Waals surface area (Å²) in [6.45, 7) is 8.00. The summed E-state index contributed by atoms with van der Waals surface area (Å²) in [5.74, 6) is 0. The van der Waals surface area contributed by atoms with Crippen molar-refractivity contribution in [2.45, 2.75) is 65.2 Å². The van der Waals surface area contributed by atoms with E-state index in [0.717, 1.165) is 0 Å². The highest BCUT2D eigenvalue weighted by Crippen LogP contribution is 2.44. The second-order valence-electron chi connectivity index (χ2n) is 5.24. The van der Waals surface area contributed by atoms with Gasteiger partial charge in [-0.05, 0) is 36.1 Å². The smallest absolute Gasteiger partial charge is 0.0270 e. The summed E-state index contributed by atoms with van der Waals surface area (Å²) >= 11 is 0. The van der Waals surface area contributed by atoms with Gasteiger partial charge in [0.25, 0.3) is 0 Å². The fourth-order valence-corrected chi connectivity index (χ4v) is 3.33. The largest absolute Gasteiger partial charge is 0.265 e. The summed E-state index contributed by atoms with van der Waals surface area (Å²) in [6, 6.07) is 15.4. The van der Waals surface area contributed by atoms with E-state index in [4.69, 9.17) is 0 Å². The van der Waals surface area contributed by atoms with E-state index in [0.29, 0.717) is 0 Å². The van der Waals surface area contributed by atoms with Crippen molar-refractivity contribution in [2.24, 2.45) is 0 Å². The van der Waals surface area contributed by atoms with Gasteiger partial charge in [0.15, 0.2) is 0 Å². The van der Waals surface area contributed by atoms with Gasteiger partial charge in [-0.15, -0.1) is 0 Å². The summed E-state index contributed by atoms with van der Waals surface area (Å²) in [6.07, 6.45) is 10.4. The van der Waals surface area contributed by atoms with Gasteiger partial charge in [0.1, 0.15) is 0 Å². The van der Waals surface area contributed by atoms with Gasteiger partial charge < -0.3 is 0 Å². The number of hydrogen-bond acceptors (Lipinski definition) is 1. The summed E-state index contributed by atoms with van der Waals surface area (Å²) in [5.41, 5.74) is 3.13. The zero-order valence-electron chi connectivity index (χ0n) is 14.7. The lowest BCUT2D eigenvalue weighted by molar-refractivity contribution is 0.346. The molecule has 1 aliphatic carbocycles. The molecule has 1 heteroatoms. The third-order valence-corrected chi connectivity index (χ3v) is 4.27. The van der Waals surface area contributed by atoms with Crippen molar-refractivity contribution in [1.82, 2.24) is 4.98 Å². The lowest BCUT2D eigenvalue weighted by atomic mass is 9.65. The van der Waals surface area contributed by atoms with Crippen molar-refractivity contribution >= 4 is 0 Å². The Kier molecular flexibility index (Phi) is 8.50. The third-order valence-electron chi connectivity index (χ3n) is 4.27. The van der Waals surface area contributed by atoms with E-state index in [1.807, 2.05) is 40.1 Å². The average Bonchev–Trinajstić information content (AvgIpc) is 2.67. The zero-order chi connectivity index (χ0) is 16.3. The van der Waals surface area contributed by atoms with Crippen LogP contribution in [0.15, 0.2) is 54.9 Å². The molecule has 1 heterocycles. The molecule has 1 aliphatic rings. The number of rotatable bonds is 2. The Labute approximate surface area is 136 Å². The van der Waals surface area contributed by atoms with Crippen molar-refractivity contribution < 1.29 is 0 Å². The Morgan fingerprint density at radius 1 is 0.682 bits per heavy atom. The van der Waals surface area contributed by atoms with Gasteiger partial charge in [0.05, 0.1) is 0 Å². The SMILES string of the molecule is CC.CC.c1ccc(C2(c3ccncc3)CCCCC2)cc1. The van der Waals surface area contributed by atoms with E-state index in [-0.39, 0.29) is 5.41 Å². The second-order valence-corrected chi connectivity index (χ2v) is 5.24. The first-order valence-corrected chi connectivity index (χ1v) is 8.88. The molecular formula is C21H31N. The van der Waals surface area contributed by atoms with Crippen LogP contribution in [0.3, 0.4) is 0 Å². The molecular weight excluding hydrogens is 266 g/mol. The molecule has 1 aromatic carbocycles. The van der Waals surface area contributed by atoms with Crippen LogP contribution < -0.4 is 0 Å². The van der Waals surface area contributed by atoms with Crippen LogP contribution in [-0.4, -0.2) is 4.98 Å². The average molecular weight is 297 g/mol. The van der Waals surface area contributed by atoms with Crippen LogP contribution in [0.1, 0.15) is 70.9 Å². The van der Waals surface area contributed by atoms with Crippen LogP contribution >= 0.6 is 0 Å². The summed E-state index contributed by atoms with van der Waals surface area (Å²) in [4.78, 5) is 4.16. The molecule has 0 amide bonds. The van der Waals surface area contributed by atoms with E-state index < -0.39 is 0 Å². The van der Waals surface area contributed by atoms with Gasteiger partial charge in [-0.3, -0.25) is 4.98 Å². The van der Waals surface area contributed by atoms with Gasteiger partial charge in [-0.25, -0.2) is 0 Å². The van der Waals surface area contributed by atoms with Crippen LogP contribution in [0, 0.1) is 0 Å². The van der Waals surface area contributed by atoms with Crippen LogP contribution in [-0.2, 0) is 5.41 Å². The van der Waals surface area contributed by atoms with Crippen molar-refractivity contribution in [1.29, 1.82) is 0 Å². The molecule has 0 aliphatic heterocycles. The van der Waals surface area contributed by atoms with E-state index in [2.05, 4.69) is 47.4 Å². The van der Waals surface area contributed by atoms with E-state index in [1.54, 1.807) is 0 Å². The highest BCUT2D eigenvalue weighted by atomic mass is 14.6. The van der Waals surface area contributed by atoms with Crippen molar-refractivity contribution in [3.05, 3.63) is 66.0 Å². The van der Waals surface area contributed by atoms with Crippen LogP contribution in [0.4, 0.5) is 0 Å². The highest BCUT2D eigenvalue weighted by molar-refractivity contribution is 5.38. The molecule has 1 fully saturated rings. The molecule has 0 N–H and O–H groups in total. The molecule has 0 radical (unpaired) electrons. The Morgan fingerprint density at radius 2 is 1.18 bits per heavy atom. The lowest BCUT2D eigenvalue weighted by Crippen LogP contribution is -2.30. The molecule has 3 rings (SSSR count). The van der Waals surface area contributed by atoms with Crippen molar-refractivity contribution in [2.75, 3.05) is 0 Å². The van der Waals surface area contributed by atoms with Gasteiger partial charge in [-0.2, -0.15) is 0 Å². The van der Waals surface area contributed by atoms with Crippen LogP contribution in [0.5, 0.6) is 0 Å². The number of nitrogens with zero attached hydrogens (tertiary/aromatic N) is 1. The molecule has 0 spiro atoms. The van der Waals surface area contributed by atoms with Gasteiger partial charge >= 0.3 is 0 Å². The summed E-state index contributed by atoms with van der Waals surface area (Å²) in [5, 5.41) is 0. The number of hydrogen-bond donors (Lipinski definition) is 0.